The lowest BCUT2D eigenvalue weighted by molar-refractivity contribution is -0.130. The third-order valence-electron chi connectivity index (χ3n) is 6.04. The summed E-state index contributed by atoms with van der Waals surface area (Å²) in [5, 5.41) is 14.8. The number of hydrogen-bond acceptors (Lipinski definition) is 6. The third kappa shape index (κ3) is 5.09. The number of carbonyl (C=O) groups excluding carboxylic acids is 2. The molecule has 0 radical (unpaired) electrons. The molecule has 1 aromatic heterocycles. The number of benzene rings is 2. The Bertz CT molecular complexity index is 1180. The van der Waals surface area contributed by atoms with E-state index in [-0.39, 0.29) is 35.1 Å². The molecule has 1 fully saturated rings. The Balaban J connectivity index is 1.29. The van der Waals surface area contributed by atoms with Gasteiger partial charge in [0, 0.05) is 18.9 Å². The van der Waals surface area contributed by atoms with E-state index in [0.29, 0.717) is 12.8 Å². The molecular formula is C26H26N4O2S2. The first-order valence-corrected chi connectivity index (χ1v) is 13.2. The van der Waals surface area contributed by atoms with E-state index < -0.39 is 0 Å². The predicted octanol–water partition coefficient (Wildman–Crippen LogP) is 4.60. The van der Waals surface area contributed by atoms with Crippen LogP contribution in [0.25, 0.3) is 0 Å². The van der Waals surface area contributed by atoms with E-state index in [4.69, 9.17) is 5.10 Å². The molecule has 0 spiro atoms. The molecule has 8 heteroatoms. The van der Waals surface area contributed by atoms with Crippen molar-refractivity contribution in [1.29, 1.82) is 0 Å². The van der Waals surface area contributed by atoms with Crippen LogP contribution in [0.1, 0.15) is 46.5 Å². The first-order valence-electron chi connectivity index (χ1n) is 11.3. The van der Waals surface area contributed by atoms with Crippen LogP contribution in [0.5, 0.6) is 0 Å². The Morgan fingerprint density at radius 1 is 1.06 bits per heavy atom. The molecule has 2 N–H and O–H groups in total. The second kappa shape index (κ2) is 10.1. The average molecular weight is 491 g/mol. The lowest BCUT2D eigenvalue weighted by Gasteiger charge is -2.31. The molecule has 34 heavy (non-hydrogen) atoms. The number of hydrazone groups is 1. The van der Waals surface area contributed by atoms with Crippen molar-refractivity contribution in [1.82, 2.24) is 15.6 Å². The van der Waals surface area contributed by atoms with E-state index in [2.05, 4.69) is 41.8 Å². The van der Waals surface area contributed by atoms with Crippen LogP contribution in [-0.4, -0.2) is 33.8 Å². The topological polar surface area (TPSA) is 73.8 Å². The Morgan fingerprint density at radius 3 is 2.59 bits per heavy atom. The van der Waals surface area contributed by atoms with Gasteiger partial charge in [-0.1, -0.05) is 66.2 Å². The summed E-state index contributed by atoms with van der Waals surface area (Å²) in [5.74, 6) is 0.123. The number of amides is 2. The minimum absolute atomic E-state index is 0.0192. The molecule has 2 aliphatic heterocycles. The zero-order chi connectivity index (χ0) is 23.5. The zero-order valence-corrected chi connectivity index (χ0v) is 20.4. The maximum atomic E-state index is 13.3. The predicted molar refractivity (Wildman–Crippen MR) is 138 cm³/mol. The summed E-state index contributed by atoms with van der Waals surface area (Å²) in [5.41, 5.74) is 3.93. The minimum atomic E-state index is -0.336. The highest BCUT2D eigenvalue weighted by atomic mass is 32.2. The molecule has 0 saturated carbocycles. The Labute approximate surface area is 207 Å². The normalized spacial score (nSPS) is 22.4. The van der Waals surface area contributed by atoms with Crippen molar-refractivity contribution in [2.75, 3.05) is 5.75 Å². The lowest BCUT2D eigenvalue weighted by Crippen LogP contribution is -2.51. The number of nitrogens with zero attached hydrogens (tertiary/aromatic N) is 2. The van der Waals surface area contributed by atoms with Crippen molar-refractivity contribution in [3.63, 3.8) is 0 Å². The molecule has 3 unspecified atom stereocenters. The molecule has 3 atom stereocenters. The van der Waals surface area contributed by atoms with E-state index in [1.807, 2.05) is 47.8 Å². The van der Waals surface area contributed by atoms with Gasteiger partial charge in [0.2, 0.25) is 5.91 Å². The van der Waals surface area contributed by atoms with Gasteiger partial charge in [0.15, 0.2) is 0 Å². The number of hydrogen-bond donors (Lipinski definition) is 2. The number of thiophene rings is 1. The summed E-state index contributed by atoms with van der Waals surface area (Å²) in [6.07, 6.45) is 1.07. The third-order valence-corrected chi connectivity index (χ3v) is 7.96. The van der Waals surface area contributed by atoms with Crippen LogP contribution < -0.4 is 10.6 Å². The molecule has 2 amide bonds. The highest BCUT2D eigenvalue weighted by molar-refractivity contribution is 8.00. The smallest absolute Gasteiger partial charge is 0.253 e. The molecule has 6 nitrogen and oxygen atoms in total. The van der Waals surface area contributed by atoms with Gasteiger partial charge in [0.05, 0.1) is 22.4 Å². The van der Waals surface area contributed by atoms with E-state index in [9.17, 15) is 9.59 Å². The lowest BCUT2D eigenvalue weighted by atomic mass is 10.00. The second-order valence-electron chi connectivity index (χ2n) is 8.49. The van der Waals surface area contributed by atoms with E-state index in [0.717, 1.165) is 21.7 Å². The van der Waals surface area contributed by atoms with Crippen LogP contribution in [0.4, 0.5) is 0 Å². The number of nitrogens with one attached hydrogen (secondary N) is 2. The van der Waals surface area contributed by atoms with Crippen LogP contribution in [0.2, 0.25) is 0 Å². The monoisotopic (exact) mass is 490 g/mol. The van der Waals surface area contributed by atoms with Crippen LogP contribution in [0.3, 0.4) is 0 Å². The maximum Gasteiger partial charge on any atom is 0.253 e. The van der Waals surface area contributed by atoms with Crippen molar-refractivity contribution >= 4 is 40.6 Å². The number of carbonyl (C=O) groups is 2. The van der Waals surface area contributed by atoms with Gasteiger partial charge in [-0.15, -0.1) is 23.1 Å². The van der Waals surface area contributed by atoms with Gasteiger partial charge in [-0.25, -0.2) is 5.01 Å². The number of thioether (sulfide) groups is 1. The summed E-state index contributed by atoms with van der Waals surface area (Å²) < 4.78 is 0. The van der Waals surface area contributed by atoms with Gasteiger partial charge < -0.3 is 5.32 Å². The molecule has 0 bridgehead atoms. The molecule has 174 valence electrons. The molecule has 5 rings (SSSR count). The molecule has 3 aromatic rings. The van der Waals surface area contributed by atoms with Gasteiger partial charge in [-0.2, -0.15) is 5.10 Å². The van der Waals surface area contributed by atoms with Gasteiger partial charge in [-0.3, -0.25) is 14.9 Å². The molecule has 1 saturated heterocycles. The number of rotatable bonds is 6. The van der Waals surface area contributed by atoms with Crippen LogP contribution in [0.15, 0.2) is 77.2 Å². The molecule has 2 aromatic carbocycles. The fourth-order valence-corrected chi connectivity index (χ4v) is 5.90. The molecule has 3 heterocycles. The average Bonchev–Trinajstić information content (AvgIpc) is 3.54. The Morgan fingerprint density at radius 2 is 1.85 bits per heavy atom. The van der Waals surface area contributed by atoms with Gasteiger partial charge >= 0.3 is 0 Å². The maximum absolute atomic E-state index is 13.3. The summed E-state index contributed by atoms with van der Waals surface area (Å²) in [7, 11) is 0. The van der Waals surface area contributed by atoms with Crippen LogP contribution in [0, 0.1) is 6.92 Å². The quantitative estimate of drug-likeness (QED) is 0.530. The second-order valence-corrected chi connectivity index (χ2v) is 10.5. The fourth-order valence-electron chi connectivity index (χ4n) is 4.26. The summed E-state index contributed by atoms with van der Waals surface area (Å²) in [6, 6.07) is 22.1. The largest absolute Gasteiger partial charge is 0.332 e. The molecule has 2 aliphatic rings. The zero-order valence-electron chi connectivity index (χ0n) is 18.8. The van der Waals surface area contributed by atoms with Gasteiger partial charge in [0.25, 0.3) is 5.91 Å². The highest BCUT2D eigenvalue weighted by Crippen LogP contribution is 2.34. The Hall–Kier alpha value is -2.94. The van der Waals surface area contributed by atoms with Crippen molar-refractivity contribution in [2.24, 2.45) is 5.10 Å². The van der Waals surface area contributed by atoms with E-state index in [1.54, 1.807) is 16.3 Å². The van der Waals surface area contributed by atoms with Crippen LogP contribution in [-0.2, 0) is 9.59 Å². The summed E-state index contributed by atoms with van der Waals surface area (Å²) in [4.78, 5) is 26.8. The standard InChI is InChI=1S/C26H26N4O2S2/c1-17-9-11-19(12-10-17)22-14-21(23-8-5-13-33-23)29-30(22)25(32)16-34-26-27-20(15-24(31)28-26)18-6-3-2-4-7-18/h2-13,20,22,26-27H,14-16H2,1H3,(H,28,31). The van der Waals surface area contributed by atoms with Crippen molar-refractivity contribution in [3.8, 4) is 0 Å². The van der Waals surface area contributed by atoms with Gasteiger partial charge in [0.1, 0.15) is 5.50 Å². The highest BCUT2D eigenvalue weighted by Gasteiger charge is 2.34. The van der Waals surface area contributed by atoms with E-state index in [1.165, 1.54) is 17.3 Å². The molecule has 0 aliphatic carbocycles. The molecular weight excluding hydrogens is 464 g/mol. The summed E-state index contributed by atoms with van der Waals surface area (Å²) in [6.45, 7) is 2.06. The first-order chi connectivity index (χ1) is 16.6. The van der Waals surface area contributed by atoms with E-state index >= 15 is 0 Å². The van der Waals surface area contributed by atoms with Gasteiger partial charge in [-0.05, 0) is 29.5 Å². The Kier molecular flexibility index (Phi) is 6.80. The van der Waals surface area contributed by atoms with Crippen molar-refractivity contribution < 1.29 is 9.59 Å². The van der Waals surface area contributed by atoms with Crippen molar-refractivity contribution in [3.05, 3.63) is 93.7 Å². The number of aryl methyl sites for hydroxylation is 1. The first kappa shape index (κ1) is 22.8. The van der Waals surface area contributed by atoms with Crippen LogP contribution >= 0.6 is 23.1 Å². The minimum Gasteiger partial charge on any atom is -0.332 e. The fraction of sp³-hybridized carbons (Fsp3) is 0.269. The SMILES string of the molecule is Cc1ccc(C2CC(c3cccs3)=NN2C(=O)CSC2NC(=O)CC(c3ccccc3)N2)cc1. The summed E-state index contributed by atoms with van der Waals surface area (Å²) >= 11 is 3.03. The van der Waals surface area contributed by atoms with Crippen molar-refractivity contribution in [2.45, 2.75) is 37.3 Å².